The number of halogens is 2. The van der Waals surface area contributed by atoms with E-state index in [1.807, 2.05) is 26.0 Å². The van der Waals surface area contributed by atoms with Crippen LogP contribution in [0.2, 0.25) is 5.02 Å². The summed E-state index contributed by atoms with van der Waals surface area (Å²) >= 11 is 5.98. The monoisotopic (exact) mass is 297 g/mol. The quantitative estimate of drug-likeness (QED) is 0.898. The van der Waals surface area contributed by atoms with E-state index in [0.717, 1.165) is 5.76 Å². The molecule has 1 aromatic heterocycles. The Bertz CT molecular complexity index is 585. The number of hydrogen-bond acceptors (Lipinski definition) is 3. The van der Waals surface area contributed by atoms with E-state index in [1.165, 1.54) is 18.2 Å². The Morgan fingerprint density at radius 1 is 1.35 bits per heavy atom. The van der Waals surface area contributed by atoms with Crippen molar-refractivity contribution >= 4 is 11.6 Å². The fraction of sp³-hybridized carbons (Fsp3) is 0.333. The van der Waals surface area contributed by atoms with Gasteiger partial charge in [-0.3, -0.25) is 0 Å². The zero-order valence-corrected chi connectivity index (χ0v) is 12.2. The molecule has 0 aliphatic rings. The van der Waals surface area contributed by atoms with Gasteiger partial charge in [0.1, 0.15) is 23.1 Å². The summed E-state index contributed by atoms with van der Waals surface area (Å²) in [5.41, 5.74) is 6.08. The van der Waals surface area contributed by atoms with E-state index < -0.39 is 11.9 Å². The van der Waals surface area contributed by atoms with Crippen molar-refractivity contribution in [1.82, 2.24) is 0 Å². The molecule has 1 aromatic carbocycles. The van der Waals surface area contributed by atoms with Crippen LogP contribution in [-0.4, -0.2) is 6.04 Å². The lowest BCUT2D eigenvalue weighted by atomic mass is 10.1. The molecule has 0 fully saturated rings. The molecule has 0 saturated carbocycles. The van der Waals surface area contributed by atoms with Gasteiger partial charge in [0, 0.05) is 6.04 Å². The van der Waals surface area contributed by atoms with E-state index in [-0.39, 0.29) is 11.1 Å². The SMILES string of the molecule is CCC(N)C(Oc1ccc(F)cc1Cl)c1ccc(C)o1. The highest BCUT2D eigenvalue weighted by molar-refractivity contribution is 6.32. The average Bonchev–Trinajstić information content (AvgIpc) is 2.83. The Hall–Kier alpha value is -1.52. The van der Waals surface area contributed by atoms with Crippen LogP contribution in [0.15, 0.2) is 34.7 Å². The van der Waals surface area contributed by atoms with E-state index in [4.69, 9.17) is 26.5 Å². The lowest BCUT2D eigenvalue weighted by molar-refractivity contribution is 0.143. The molecule has 5 heteroatoms. The van der Waals surface area contributed by atoms with Crippen LogP contribution >= 0.6 is 11.6 Å². The van der Waals surface area contributed by atoms with Crippen LogP contribution in [0.3, 0.4) is 0 Å². The highest BCUT2D eigenvalue weighted by Gasteiger charge is 2.24. The second-order valence-corrected chi connectivity index (χ2v) is 5.04. The lowest BCUT2D eigenvalue weighted by Gasteiger charge is -2.23. The highest BCUT2D eigenvalue weighted by atomic mass is 35.5. The van der Waals surface area contributed by atoms with Gasteiger partial charge in [0.05, 0.1) is 5.02 Å². The van der Waals surface area contributed by atoms with E-state index in [2.05, 4.69) is 0 Å². The minimum atomic E-state index is -0.461. The molecule has 108 valence electrons. The van der Waals surface area contributed by atoms with Crippen LogP contribution in [0.25, 0.3) is 0 Å². The molecular formula is C15H17ClFNO2. The first-order valence-electron chi connectivity index (χ1n) is 6.45. The van der Waals surface area contributed by atoms with Gasteiger partial charge in [-0.25, -0.2) is 4.39 Å². The summed E-state index contributed by atoms with van der Waals surface area (Å²) in [6, 6.07) is 7.42. The van der Waals surface area contributed by atoms with Crippen molar-refractivity contribution in [3.8, 4) is 5.75 Å². The third-order valence-electron chi connectivity index (χ3n) is 3.05. The maximum atomic E-state index is 13.1. The Kier molecular flexibility index (Phi) is 4.68. The molecule has 20 heavy (non-hydrogen) atoms. The van der Waals surface area contributed by atoms with Gasteiger partial charge in [0.2, 0.25) is 0 Å². The van der Waals surface area contributed by atoms with Crippen LogP contribution in [-0.2, 0) is 0 Å². The summed E-state index contributed by atoms with van der Waals surface area (Å²) in [6.07, 6.45) is 0.250. The van der Waals surface area contributed by atoms with Gasteiger partial charge in [0.25, 0.3) is 0 Å². The lowest BCUT2D eigenvalue weighted by Crippen LogP contribution is -2.31. The topological polar surface area (TPSA) is 48.4 Å². The van der Waals surface area contributed by atoms with Crippen LogP contribution in [0.4, 0.5) is 4.39 Å². The normalized spacial score (nSPS) is 14.1. The molecule has 2 N–H and O–H groups in total. The van der Waals surface area contributed by atoms with Crippen molar-refractivity contribution in [2.45, 2.75) is 32.4 Å². The maximum absolute atomic E-state index is 13.1. The first kappa shape index (κ1) is 14.9. The van der Waals surface area contributed by atoms with Gasteiger partial charge in [-0.2, -0.15) is 0 Å². The number of ether oxygens (including phenoxy) is 1. The molecule has 0 amide bonds. The average molecular weight is 298 g/mol. The summed E-state index contributed by atoms with van der Waals surface area (Å²) in [5, 5.41) is 0.210. The Labute approximate surface area is 122 Å². The summed E-state index contributed by atoms with van der Waals surface area (Å²) in [7, 11) is 0. The summed E-state index contributed by atoms with van der Waals surface area (Å²) in [4.78, 5) is 0. The number of benzene rings is 1. The van der Waals surface area contributed by atoms with E-state index in [1.54, 1.807) is 0 Å². The van der Waals surface area contributed by atoms with Crippen molar-refractivity contribution in [2.24, 2.45) is 5.73 Å². The van der Waals surface area contributed by atoms with Gasteiger partial charge < -0.3 is 14.9 Å². The Morgan fingerprint density at radius 3 is 2.65 bits per heavy atom. The predicted octanol–water partition coefficient (Wildman–Crippen LogP) is 4.24. The predicted molar refractivity (Wildman–Crippen MR) is 76.5 cm³/mol. The number of hydrogen-bond donors (Lipinski definition) is 1. The molecule has 2 unspecified atom stereocenters. The number of furan rings is 1. The Morgan fingerprint density at radius 2 is 2.10 bits per heavy atom. The first-order valence-corrected chi connectivity index (χ1v) is 6.82. The van der Waals surface area contributed by atoms with Crippen LogP contribution in [0, 0.1) is 12.7 Å². The van der Waals surface area contributed by atoms with E-state index in [9.17, 15) is 4.39 Å². The third kappa shape index (κ3) is 3.32. The zero-order chi connectivity index (χ0) is 14.7. The summed E-state index contributed by atoms with van der Waals surface area (Å²) in [5.74, 6) is 1.39. The van der Waals surface area contributed by atoms with E-state index in [0.29, 0.717) is 17.9 Å². The second kappa shape index (κ2) is 6.29. The fourth-order valence-electron chi connectivity index (χ4n) is 1.88. The van der Waals surface area contributed by atoms with Gasteiger partial charge in [0.15, 0.2) is 6.10 Å². The molecule has 2 aromatic rings. The minimum Gasteiger partial charge on any atom is -0.479 e. The van der Waals surface area contributed by atoms with Crippen LogP contribution < -0.4 is 10.5 Å². The highest BCUT2D eigenvalue weighted by Crippen LogP contribution is 2.32. The van der Waals surface area contributed by atoms with Crippen LogP contribution in [0.1, 0.15) is 31.0 Å². The minimum absolute atomic E-state index is 0.210. The van der Waals surface area contributed by atoms with Crippen molar-refractivity contribution in [3.63, 3.8) is 0 Å². The second-order valence-electron chi connectivity index (χ2n) is 4.63. The number of nitrogens with two attached hydrogens (primary N) is 1. The Balaban J connectivity index is 2.28. The molecular weight excluding hydrogens is 281 g/mol. The molecule has 1 heterocycles. The first-order chi connectivity index (χ1) is 9.51. The zero-order valence-electron chi connectivity index (χ0n) is 11.4. The smallest absolute Gasteiger partial charge is 0.171 e. The standard InChI is InChI=1S/C15H17ClFNO2/c1-3-12(18)15(14-6-4-9(2)19-14)20-13-7-5-10(17)8-11(13)16/h4-8,12,15H,3,18H2,1-2H3. The van der Waals surface area contributed by atoms with Gasteiger partial charge in [-0.05, 0) is 43.7 Å². The van der Waals surface area contributed by atoms with Crippen molar-refractivity contribution in [3.05, 3.63) is 52.7 Å². The molecule has 0 saturated heterocycles. The number of rotatable bonds is 5. The maximum Gasteiger partial charge on any atom is 0.171 e. The van der Waals surface area contributed by atoms with Gasteiger partial charge in [-0.1, -0.05) is 18.5 Å². The van der Waals surface area contributed by atoms with Gasteiger partial charge in [-0.15, -0.1) is 0 Å². The molecule has 2 atom stereocenters. The van der Waals surface area contributed by atoms with Crippen molar-refractivity contribution in [2.75, 3.05) is 0 Å². The summed E-state index contributed by atoms with van der Waals surface area (Å²) in [6.45, 7) is 3.81. The van der Waals surface area contributed by atoms with Crippen molar-refractivity contribution in [1.29, 1.82) is 0 Å². The molecule has 3 nitrogen and oxygen atoms in total. The third-order valence-corrected chi connectivity index (χ3v) is 3.35. The largest absolute Gasteiger partial charge is 0.479 e. The molecule has 0 radical (unpaired) electrons. The van der Waals surface area contributed by atoms with Gasteiger partial charge >= 0.3 is 0 Å². The summed E-state index contributed by atoms with van der Waals surface area (Å²) < 4.78 is 24.5. The number of aryl methyl sites for hydroxylation is 1. The molecule has 0 bridgehead atoms. The molecule has 0 aliphatic heterocycles. The van der Waals surface area contributed by atoms with E-state index >= 15 is 0 Å². The van der Waals surface area contributed by atoms with Crippen LogP contribution in [0.5, 0.6) is 5.75 Å². The molecule has 0 aliphatic carbocycles. The molecule has 0 spiro atoms. The fourth-order valence-corrected chi connectivity index (χ4v) is 2.10. The van der Waals surface area contributed by atoms with Crippen molar-refractivity contribution < 1.29 is 13.5 Å². The molecule has 2 rings (SSSR count).